The molecule has 0 saturated heterocycles. The maximum atomic E-state index is 12.2. The van der Waals surface area contributed by atoms with Gasteiger partial charge < -0.3 is 10.0 Å². The first-order valence-corrected chi connectivity index (χ1v) is 7.85. The maximum Gasteiger partial charge on any atom is 0.337 e. The van der Waals surface area contributed by atoms with Crippen molar-refractivity contribution in [3.63, 3.8) is 0 Å². The van der Waals surface area contributed by atoms with Gasteiger partial charge in [0.1, 0.15) is 0 Å². The van der Waals surface area contributed by atoms with Gasteiger partial charge in [0.25, 0.3) is 0 Å². The van der Waals surface area contributed by atoms with Crippen LogP contribution >= 0.6 is 0 Å². The summed E-state index contributed by atoms with van der Waals surface area (Å²) in [6.07, 6.45) is 0. The lowest BCUT2D eigenvalue weighted by atomic mass is 10.2. The van der Waals surface area contributed by atoms with Gasteiger partial charge in [-0.2, -0.15) is 0 Å². The molecule has 1 N–H and O–H groups in total. The van der Waals surface area contributed by atoms with Gasteiger partial charge in [0.15, 0.2) is 9.84 Å². The quantitative estimate of drug-likeness (QED) is 0.821. The fourth-order valence-electron chi connectivity index (χ4n) is 1.81. The summed E-state index contributed by atoms with van der Waals surface area (Å²) in [6.45, 7) is 5.87. The molecule has 0 radical (unpaired) electrons. The predicted octanol–water partition coefficient (Wildman–Crippen LogP) is 1.50. The predicted molar refractivity (Wildman–Crippen MR) is 73.2 cm³/mol. The standard InChI is InChI=1S/C13H19NO4S/c1-3-14(4-2)9-10-19(17,18)12-8-6-5-7-11(12)13(15)16/h5-8H,3-4,9-10H2,1-2H3,(H,15,16). The molecule has 0 saturated carbocycles. The molecule has 0 aromatic heterocycles. The molecule has 5 nitrogen and oxygen atoms in total. The summed E-state index contributed by atoms with van der Waals surface area (Å²) in [4.78, 5) is 12.9. The van der Waals surface area contributed by atoms with Crippen molar-refractivity contribution in [3.05, 3.63) is 29.8 Å². The van der Waals surface area contributed by atoms with Crippen LogP contribution in [-0.2, 0) is 9.84 Å². The number of carbonyl (C=O) groups is 1. The number of aromatic carboxylic acids is 1. The Kier molecular flexibility index (Phi) is 5.50. The summed E-state index contributed by atoms with van der Waals surface area (Å²) in [5, 5.41) is 9.02. The molecule has 1 aromatic carbocycles. The van der Waals surface area contributed by atoms with Crippen molar-refractivity contribution < 1.29 is 18.3 Å². The summed E-state index contributed by atoms with van der Waals surface area (Å²) in [7, 11) is -3.57. The molecule has 0 atom stereocenters. The van der Waals surface area contributed by atoms with Gasteiger partial charge in [-0.3, -0.25) is 0 Å². The number of hydrogen-bond acceptors (Lipinski definition) is 4. The molecule has 0 unspecified atom stereocenters. The van der Waals surface area contributed by atoms with Gasteiger partial charge in [0, 0.05) is 6.54 Å². The molecule has 0 aliphatic heterocycles. The summed E-state index contributed by atoms with van der Waals surface area (Å²) < 4.78 is 24.4. The summed E-state index contributed by atoms with van der Waals surface area (Å²) in [5.74, 6) is -1.29. The summed E-state index contributed by atoms with van der Waals surface area (Å²) in [5.41, 5.74) is -0.165. The van der Waals surface area contributed by atoms with Gasteiger partial charge in [-0.05, 0) is 25.2 Å². The van der Waals surface area contributed by atoms with Crippen molar-refractivity contribution in [2.45, 2.75) is 18.7 Å². The number of carboxylic acids is 1. The van der Waals surface area contributed by atoms with Crippen molar-refractivity contribution in [1.29, 1.82) is 0 Å². The Hall–Kier alpha value is -1.40. The number of sulfone groups is 1. The molecule has 0 fully saturated rings. The average Bonchev–Trinajstić information content (AvgIpc) is 2.39. The Morgan fingerprint density at radius 3 is 2.32 bits per heavy atom. The highest BCUT2D eigenvalue weighted by Crippen LogP contribution is 2.17. The number of carboxylic acid groups (broad SMARTS) is 1. The topological polar surface area (TPSA) is 74.7 Å². The molecular weight excluding hydrogens is 266 g/mol. The van der Waals surface area contributed by atoms with Crippen LogP contribution in [0.3, 0.4) is 0 Å². The Morgan fingerprint density at radius 1 is 1.21 bits per heavy atom. The molecule has 106 valence electrons. The molecule has 0 amide bonds. The number of rotatable bonds is 7. The third-order valence-electron chi connectivity index (χ3n) is 3.02. The van der Waals surface area contributed by atoms with E-state index < -0.39 is 15.8 Å². The zero-order valence-electron chi connectivity index (χ0n) is 11.2. The second kappa shape index (κ2) is 6.68. The molecule has 0 aliphatic rings. The fourth-order valence-corrected chi connectivity index (χ4v) is 3.31. The van der Waals surface area contributed by atoms with E-state index in [0.717, 1.165) is 13.1 Å². The van der Waals surface area contributed by atoms with Crippen molar-refractivity contribution >= 4 is 15.8 Å². The van der Waals surface area contributed by atoms with E-state index >= 15 is 0 Å². The number of benzene rings is 1. The van der Waals surface area contributed by atoms with Gasteiger partial charge in [-0.1, -0.05) is 26.0 Å². The zero-order valence-corrected chi connectivity index (χ0v) is 12.0. The van der Waals surface area contributed by atoms with Gasteiger partial charge in [0.2, 0.25) is 0 Å². The first kappa shape index (κ1) is 15.7. The minimum atomic E-state index is -3.57. The highest BCUT2D eigenvalue weighted by Gasteiger charge is 2.22. The fraction of sp³-hybridized carbons (Fsp3) is 0.462. The normalized spacial score (nSPS) is 11.7. The third-order valence-corrected chi connectivity index (χ3v) is 4.77. The molecule has 1 aromatic rings. The lowest BCUT2D eigenvalue weighted by Crippen LogP contribution is -2.29. The molecule has 0 heterocycles. The molecule has 1 rings (SSSR count). The number of hydrogen-bond donors (Lipinski definition) is 1. The zero-order chi connectivity index (χ0) is 14.5. The molecular formula is C13H19NO4S. The first-order chi connectivity index (χ1) is 8.92. The van der Waals surface area contributed by atoms with E-state index in [0.29, 0.717) is 6.54 Å². The maximum absolute atomic E-state index is 12.2. The minimum absolute atomic E-state index is 0.0705. The van der Waals surface area contributed by atoms with E-state index in [2.05, 4.69) is 0 Å². The Bertz CT molecular complexity index is 535. The van der Waals surface area contributed by atoms with E-state index in [-0.39, 0.29) is 16.2 Å². The van der Waals surface area contributed by atoms with Crippen LogP contribution in [0, 0.1) is 0 Å². The van der Waals surface area contributed by atoms with Gasteiger partial charge in [-0.15, -0.1) is 0 Å². The van der Waals surface area contributed by atoms with Crippen molar-refractivity contribution in [1.82, 2.24) is 4.90 Å². The van der Waals surface area contributed by atoms with Crippen molar-refractivity contribution in [2.75, 3.05) is 25.4 Å². The van der Waals surface area contributed by atoms with Gasteiger partial charge in [-0.25, -0.2) is 13.2 Å². The molecule has 0 spiro atoms. The van der Waals surface area contributed by atoms with E-state index in [1.54, 1.807) is 0 Å². The molecule has 0 aliphatic carbocycles. The lowest BCUT2D eigenvalue weighted by molar-refractivity contribution is 0.0692. The Balaban J connectivity index is 2.98. The van der Waals surface area contributed by atoms with E-state index in [1.807, 2.05) is 18.7 Å². The van der Waals surface area contributed by atoms with Crippen LogP contribution in [0.2, 0.25) is 0 Å². The van der Waals surface area contributed by atoms with E-state index in [9.17, 15) is 13.2 Å². The van der Waals surface area contributed by atoms with E-state index in [1.165, 1.54) is 24.3 Å². The van der Waals surface area contributed by atoms with Crippen LogP contribution in [-0.4, -0.2) is 49.8 Å². The SMILES string of the molecule is CCN(CC)CCS(=O)(=O)c1ccccc1C(=O)O. The molecule has 6 heteroatoms. The molecule has 0 bridgehead atoms. The van der Waals surface area contributed by atoms with E-state index in [4.69, 9.17) is 5.11 Å². The second-order valence-electron chi connectivity index (χ2n) is 4.15. The number of nitrogens with zero attached hydrogens (tertiary/aromatic N) is 1. The van der Waals surface area contributed by atoms with Gasteiger partial charge in [0.05, 0.1) is 16.2 Å². The Labute approximate surface area is 113 Å². The van der Waals surface area contributed by atoms with Crippen LogP contribution in [0.1, 0.15) is 24.2 Å². The summed E-state index contributed by atoms with van der Waals surface area (Å²) in [6, 6.07) is 5.72. The van der Waals surface area contributed by atoms with Crippen LogP contribution in [0.25, 0.3) is 0 Å². The average molecular weight is 285 g/mol. The van der Waals surface area contributed by atoms with Crippen molar-refractivity contribution in [2.24, 2.45) is 0 Å². The summed E-state index contributed by atoms with van der Waals surface area (Å²) >= 11 is 0. The largest absolute Gasteiger partial charge is 0.478 e. The van der Waals surface area contributed by atoms with Crippen LogP contribution in [0.4, 0.5) is 0 Å². The smallest absolute Gasteiger partial charge is 0.337 e. The Morgan fingerprint density at radius 2 is 1.79 bits per heavy atom. The lowest BCUT2D eigenvalue weighted by Gasteiger charge is -2.18. The van der Waals surface area contributed by atoms with Gasteiger partial charge >= 0.3 is 5.97 Å². The highest BCUT2D eigenvalue weighted by atomic mass is 32.2. The van der Waals surface area contributed by atoms with Crippen LogP contribution in [0.15, 0.2) is 29.2 Å². The van der Waals surface area contributed by atoms with Crippen molar-refractivity contribution in [3.8, 4) is 0 Å². The first-order valence-electron chi connectivity index (χ1n) is 6.19. The molecule has 19 heavy (non-hydrogen) atoms. The monoisotopic (exact) mass is 285 g/mol. The minimum Gasteiger partial charge on any atom is -0.478 e. The third kappa shape index (κ3) is 4.04. The van der Waals surface area contributed by atoms with Crippen LogP contribution < -0.4 is 0 Å². The van der Waals surface area contributed by atoms with Crippen LogP contribution in [0.5, 0.6) is 0 Å². The highest BCUT2D eigenvalue weighted by molar-refractivity contribution is 7.91. The second-order valence-corrected chi connectivity index (χ2v) is 6.22.